The Hall–Kier alpha value is -3.87. The van der Waals surface area contributed by atoms with Gasteiger partial charge in [0, 0.05) is 23.8 Å². The Balaban J connectivity index is 1.36. The zero-order valence-corrected chi connectivity index (χ0v) is 22.8. The van der Waals surface area contributed by atoms with Gasteiger partial charge in [-0.25, -0.2) is 19.7 Å². The molecule has 3 heterocycles. The molecule has 3 N–H and O–H groups in total. The van der Waals surface area contributed by atoms with Crippen LogP contribution in [-0.2, 0) is 10.9 Å². The van der Waals surface area contributed by atoms with Crippen molar-refractivity contribution in [2.45, 2.75) is 69.8 Å². The third-order valence-corrected chi connectivity index (χ3v) is 7.43. The lowest BCUT2D eigenvalue weighted by Gasteiger charge is -2.45. The number of ether oxygens (including phenoxy) is 1. The summed E-state index contributed by atoms with van der Waals surface area (Å²) in [5.74, 6) is 0.957. The summed E-state index contributed by atoms with van der Waals surface area (Å²) < 4.78 is 50.6. The highest BCUT2D eigenvalue weighted by atomic mass is 19.4. The molecule has 2 aliphatic rings. The van der Waals surface area contributed by atoms with E-state index in [9.17, 15) is 18.0 Å². The number of halogens is 3. The van der Waals surface area contributed by atoms with E-state index in [1.165, 1.54) is 6.20 Å². The van der Waals surface area contributed by atoms with E-state index in [1.807, 2.05) is 6.07 Å². The maximum absolute atomic E-state index is 13.2. The van der Waals surface area contributed by atoms with Crippen LogP contribution in [0.3, 0.4) is 0 Å². The Kier molecular flexibility index (Phi) is 8.91. The molecule has 3 atom stereocenters. The van der Waals surface area contributed by atoms with Crippen LogP contribution in [0.25, 0.3) is 11.3 Å². The molecule has 1 aliphatic carbocycles. The number of rotatable bonds is 8. The Morgan fingerprint density at radius 1 is 1.12 bits per heavy atom. The zero-order valence-electron chi connectivity index (χ0n) is 22.8. The van der Waals surface area contributed by atoms with Crippen LogP contribution in [0, 0.1) is 0 Å². The van der Waals surface area contributed by atoms with Crippen molar-refractivity contribution in [2.24, 2.45) is 0 Å². The molecular weight excluding hydrogens is 539 g/mol. The molecule has 1 saturated heterocycles. The number of nitrogens with zero attached hydrogens (tertiary/aromatic N) is 4. The van der Waals surface area contributed by atoms with Crippen molar-refractivity contribution in [3.05, 3.63) is 48.5 Å². The number of piperidine rings is 1. The first-order chi connectivity index (χ1) is 19.8. The Bertz CT molecular complexity index is 1300. The van der Waals surface area contributed by atoms with Crippen molar-refractivity contribution >= 4 is 23.6 Å². The highest BCUT2D eigenvalue weighted by Crippen LogP contribution is 2.34. The van der Waals surface area contributed by atoms with Crippen LogP contribution >= 0.6 is 0 Å². The fourth-order valence-electron chi connectivity index (χ4n) is 5.58. The molecule has 1 aliphatic heterocycles. The molecule has 1 aromatic carbocycles. The molecule has 0 unspecified atom stereocenters. The Labute approximate surface area is 236 Å². The van der Waals surface area contributed by atoms with Gasteiger partial charge in [-0.05, 0) is 51.3 Å². The van der Waals surface area contributed by atoms with Crippen LogP contribution in [0.1, 0.15) is 51.1 Å². The summed E-state index contributed by atoms with van der Waals surface area (Å²) in [5.41, 5.74) is 0.290. The normalized spacial score (nSPS) is 21.2. The number of oxazole rings is 1. The standard InChI is InChI=1S/C28H34F3N7O3/c1-2-40-27(39)36-19-8-5-7-18(13-19)23-15-35-26(41-23)37-21-10-3-4-11-22(21)38(20-9-6-12-32-14-20)25-17-33-24(16-34-25)28(29,30)31/h5,7-8,13,15-17,20-22,32H,2-4,6,9-12,14H2,1H3,(H,35,37)(H,36,39)/t20-,21+,22+/m0/s1. The second kappa shape index (κ2) is 12.8. The lowest BCUT2D eigenvalue weighted by Crippen LogP contribution is -2.57. The van der Waals surface area contributed by atoms with E-state index in [-0.39, 0.29) is 24.7 Å². The number of benzene rings is 1. The van der Waals surface area contributed by atoms with Crippen molar-refractivity contribution in [1.29, 1.82) is 0 Å². The Morgan fingerprint density at radius 2 is 1.98 bits per heavy atom. The van der Waals surface area contributed by atoms with Crippen LogP contribution < -0.4 is 20.9 Å². The molecular formula is C28H34F3N7O3. The monoisotopic (exact) mass is 573 g/mol. The van der Waals surface area contributed by atoms with Gasteiger partial charge >= 0.3 is 12.3 Å². The molecule has 0 radical (unpaired) electrons. The average Bonchev–Trinajstić information content (AvgIpc) is 3.43. The zero-order chi connectivity index (χ0) is 28.8. The van der Waals surface area contributed by atoms with Crippen molar-refractivity contribution in [3.8, 4) is 11.3 Å². The van der Waals surface area contributed by atoms with Gasteiger partial charge in [0.2, 0.25) is 0 Å². The summed E-state index contributed by atoms with van der Waals surface area (Å²) in [6.07, 6.45) is 4.12. The Morgan fingerprint density at radius 3 is 2.71 bits per heavy atom. The first-order valence-electron chi connectivity index (χ1n) is 14.0. The van der Waals surface area contributed by atoms with Crippen LogP contribution in [0.5, 0.6) is 0 Å². The SMILES string of the molecule is CCOC(=O)Nc1cccc(-c2cnc(N[C@@H]3CCCC[C@H]3N(c3cnc(C(F)(F)F)cn3)[C@H]3CCCNC3)o2)c1. The molecule has 13 heteroatoms. The molecule has 0 spiro atoms. The summed E-state index contributed by atoms with van der Waals surface area (Å²) in [6.45, 7) is 3.62. The quantitative estimate of drug-likeness (QED) is 0.312. The number of anilines is 3. The molecule has 2 aromatic heterocycles. The molecule has 41 heavy (non-hydrogen) atoms. The number of amides is 1. The molecule has 5 rings (SSSR count). The van der Waals surface area contributed by atoms with Crippen molar-refractivity contribution in [3.63, 3.8) is 0 Å². The summed E-state index contributed by atoms with van der Waals surface area (Å²) in [7, 11) is 0. The van der Waals surface area contributed by atoms with Crippen molar-refractivity contribution in [2.75, 3.05) is 35.2 Å². The van der Waals surface area contributed by atoms with E-state index >= 15 is 0 Å². The van der Waals surface area contributed by atoms with Crippen molar-refractivity contribution < 1.29 is 27.1 Å². The number of hydrogen-bond acceptors (Lipinski definition) is 9. The fourth-order valence-corrected chi connectivity index (χ4v) is 5.58. The van der Waals surface area contributed by atoms with E-state index < -0.39 is 18.0 Å². The third kappa shape index (κ3) is 7.07. The van der Waals surface area contributed by atoms with Gasteiger partial charge in [-0.1, -0.05) is 25.0 Å². The van der Waals surface area contributed by atoms with Gasteiger partial charge in [0.15, 0.2) is 11.5 Å². The first kappa shape index (κ1) is 28.7. The predicted octanol–water partition coefficient (Wildman–Crippen LogP) is 5.70. The van der Waals surface area contributed by atoms with Crippen LogP contribution in [-0.4, -0.2) is 58.9 Å². The third-order valence-electron chi connectivity index (χ3n) is 7.43. The molecule has 0 bridgehead atoms. The van der Waals surface area contributed by atoms with Gasteiger partial charge in [-0.3, -0.25) is 5.32 Å². The molecule has 1 amide bonds. The summed E-state index contributed by atoms with van der Waals surface area (Å²) in [6, 6.07) is 7.46. The van der Waals surface area contributed by atoms with Crippen LogP contribution in [0.4, 0.5) is 35.5 Å². The second-order valence-electron chi connectivity index (χ2n) is 10.2. The fraction of sp³-hybridized carbons (Fsp3) is 0.500. The molecule has 3 aromatic rings. The van der Waals surface area contributed by atoms with Gasteiger partial charge < -0.3 is 24.7 Å². The maximum Gasteiger partial charge on any atom is 0.434 e. The minimum absolute atomic E-state index is 0.0489. The summed E-state index contributed by atoms with van der Waals surface area (Å²) >= 11 is 0. The van der Waals surface area contributed by atoms with Crippen LogP contribution in [0.15, 0.2) is 47.3 Å². The molecule has 220 valence electrons. The highest BCUT2D eigenvalue weighted by Gasteiger charge is 2.38. The molecule has 10 nitrogen and oxygen atoms in total. The number of carbonyl (C=O) groups is 1. The smallest absolute Gasteiger partial charge is 0.434 e. The first-order valence-corrected chi connectivity index (χ1v) is 14.0. The van der Waals surface area contributed by atoms with Crippen molar-refractivity contribution in [1.82, 2.24) is 20.3 Å². The van der Waals surface area contributed by atoms with Crippen LogP contribution in [0.2, 0.25) is 0 Å². The van der Waals surface area contributed by atoms with Gasteiger partial charge in [0.25, 0.3) is 6.01 Å². The van der Waals surface area contributed by atoms with E-state index in [1.54, 1.807) is 31.3 Å². The summed E-state index contributed by atoms with van der Waals surface area (Å²) in [5, 5.41) is 9.54. The number of hydrogen-bond donors (Lipinski definition) is 3. The molecule has 2 fully saturated rings. The highest BCUT2D eigenvalue weighted by molar-refractivity contribution is 5.85. The lowest BCUT2D eigenvalue weighted by molar-refractivity contribution is -0.141. The largest absolute Gasteiger partial charge is 0.450 e. The maximum atomic E-state index is 13.2. The van der Waals surface area contributed by atoms with Gasteiger partial charge in [0.1, 0.15) is 5.82 Å². The van der Waals surface area contributed by atoms with E-state index in [0.29, 0.717) is 29.8 Å². The molecule has 1 saturated carbocycles. The number of nitrogens with one attached hydrogen (secondary N) is 3. The lowest BCUT2D eigenvalue weighted by atomic mass is 9.87. The predicted molar refractivity (Wildman–Crippen MR) is 148 cm³/mol. The number of alkyl halides is 3. The number of aromatic nitrogens is 3. The van der Waals surface area contributed by atoms with E-state index in [2.05, 4.69) is 35.8 Å². The van der Waals surface area contributed by atoms with Gasteiger partial charge in [-0.2, -0.15) is 13.2 Å². The van der Waals surface area contributed by atoms with E-state index in [4.69, 9.17) is 9.15 Å². The number of carbonyl (C=O) groups excluding carboxylic acids is 1. The summed E-state index contributed by atoms with van der Waals surface area (Å²) in [4.78, 5) is 26.3. The minimum Gasteiger partial charge on any atom is -0.450 e. The van der Waals surface area contributed by atoms with E-state index in [0.717, 1.165) is 56.8 Å². The van der Waals surface area contributed by atoms with Gasteiger partial charge in [0.05, 0.1) is 37.3 Å². The second-order valence-corrected chi connectivity index (χ2v) is 10.2. The topological polar surface area (TPSA) is 117 Å². The average molecular weight is 574 g/mol. The minimum atomic E-state index is -4.55. The van der Waals surface area contributed by atoms with Gasteiger partial charge in [-0.15, -0.1) is 0 Å².